The average molecular weight is 348 g/mol. The summed E-state index contributed by atoms with van der Waals surface area (Å²) in [6, 6.07) is 6.24. The Morgan fingerprint density at radius 2 is 2.12 bits per heavy atom. The highest BCUT2D eigenvalue weighted by atomic mass is 16.5. The number of aliphatic imine (C=N–C) groups is 1. The van der Waals surface area contributed by atoms with Crippen LogP contribution in [0.4, 0.5) is 0 Å². The van der Waals surface area contributed by atoms with Crippen molar-refractivity contribution in [1.29, 1.82) is 0 Å². The number of nitrogens with one attached hydrogen (secondary N) is 2. The standard InChI is InChI=1S/C20H33N3O2/c1-5-21-20(22-12-16-7-6-8-18(16)24)23-13-17-10-9-15(4)11-19(17)25-14(2)3/h9-11,14,16,18,24H,5-8,12-13H2,1-4H3,(H2,21,22,23). The van der Waals surface area contributed by atoms with Gasteiger partial charge in [-0.05, 0) is 52.2 Å². The fourth-order valence-electron chi connectivity index (χ4n) is 3.15. The van der Waals surface area contributed by atoms with E-state index in [1.54, 1.807) is 0 Å². The third kappa shape index (κ3) is 6.24. The van der Waals surface area contributed by atoms with Crippen molar-refractivity contribution in [2.24, 2.45) is 10.9 Å². The van der Waals surface area contributed by atoms with E-state index in [2.05, 4.69) is 42.7 Å². The summed E-state index contributed by atoms with van der Waals surface area (Å²) in [5, 5.41) is 16.6. The molecule has 1 saturated carbocycles. The van der Waals surface area contributed by atoms with Crippen LogP contribution in [0.15, 0.2) is 23.2 Å². The zero-order valence-corrected chi connectivity index (χ0v) is 16.0. The summed E-state index contributed by atoms with van der Waals surface area (Å²) >= 11 is 0. The Morgan fingerprint density at radius 3 is 2.76 bits per heavy atom. The van der Waals surface area contributed by atoms with Crippen LogP contribution in [0.5, 0.6) is 5.75 Å². The van der Waals surface area contributed by atoms with E-state index in [1.807, 2.05) is 13.8 Å². The molecule has 0 spiro atoms. The first-order chi connectivity index (χ1) is 12.0. The van der Waals surface area contributed by atoms with Crippen LogP contribution < -0.4 is 15.4 Å². The SMILES string of the molecule is CCNC(=NCc1ccc(C)cc1OC(C)C)NCC1CCCC1O. The molecule has 0 bridgehead atoms. The molecular weight excluding hydrogens is 314 g/mol. The number of aliphatic hydroxyl groups excluding tert-OH is 1. The van der Waals surface area contributed by atoms with E-state index in [-0.39, 0.29) is 12.2 Å². The zero-order valence-electron chi connectivity index (χ0n) is 16.0. The summed E-state index contributed by atoms with van der Waals surface area (Å²) in [6.45, 7) is 10.3. The molecule has 1 aromatic rings. The van der Waals surface area contributed by atoms with Crippen molar-refractivity contribution in [3.05, 3.63) is 29.3 Å². The van der Waals surface area contributed by atoms with Crippen LogP contribution in [0, 0.1) is 12.8 Å². The third-order valence-corrected chi connectivity index (χ3v) is 4.49. The summed E-state index contributed by atoms with van der Waals surface area (Å²) in [7, 11) is 0. The summed E-state index contributed by atoms with van der Waals surface area (Å²) < 4.78 is 5.93. The summed E-state index contributed by atoms with van der Waals surface area (Å²) in [4.78, 5) is 4.70. The molecule has 0 aromatic heterocycles. The number of ether oxygens (including phenoxy) is 1. The molecular formula is C20H33N3O2. The summed E-state index contributed by atoms with van der Waals surface area (Å²) in [5.41, 5.74) is 2.26. The first-order valence-electron chi connectivity index (χ1n) is 9.46. The lowest BCUT2D eigenvalue weighted by Crippen LogP contribution is -2.41. The van der Waals surface area contributed by atoms with Crippen molar-refractivity contribution in [2.75, 3.05) is 13.1 Å². The predicted molar refractivity (Wildman–Crippen MR) is 103 cm³/mol. The molecule has 2 atom stereocenters. The van der Waals surface area contributed by atoms with Gasteiger partial charge in [0.15, 0.2) is 5.96 Å². The van der Waals surface area contributed by atoms with Crippen molar-refractivity contribution in [3.8, 4) is 5.75 Å². The first-order valence-corrected chi connectivity index (χ1v) is 9.46. The lowest BCUT2D eigenvalue weighted by Gasteiger charge is -2.18. The molecule has 2 rings (SSSR count). The fourth-order valence-corrected chi connectivity index (χ4v) is 3.15. The number of hydrogen-bond acceptors (Lipinski definition) is 3. The van der Waals surface area contributed by atoms with E-state index in [0.717, 1.165) is 49.6 Å². The van der Waals surface area contributed by atoms with E-state index in [1.165, 1.54) is 5.56 Å². The number of benzene rings is 1. The van der Waals surface area contributed by atoms with Gasteiger partial charge in [0.2, 0.25) is 0 Å². The van der Waals surface area contributed by atoms with Crippen molar-refractivity contribution in [1.82, 2.24) is 10.6 Å². The Bertz CT molecular complexity index is 572. The normalized spacial score (nSPS) is 20.8. The van der Waals surface area contributed by atoms with Gasteiger partial charge in [-0.3, -0.25) is 0 Å². The molecule has 25 heavy (non-hydrogen) atoms. The van der Waals surface area contributed by atoms with Gasteiger partial charge in [-0.2, -0.15) is 0 Å². The minimum atomic E-state index is -0.182. The second kappa shape index (κ2) is 9.66. The van der Waals surface area contributed by atoms with E-state index >= 15 is 0 Å². The molecule has 2 unspecified atom stereocenters. The smallest absolute Gasteiger partial charge is 0.191 e. The topological polar surface area (TPSA) is 65.9 Å². The van der Waals surface area contributed by atoms with E-state index in [4.69, 9.17) is 9.73 Å². The number of rotatable bonds is 7. The van der Waals surface area contributed by atoms with Gasteiger partial charge in [0.05, 0.1) is 18.8 Å². The van der Waals surface area contributed by atoms with Crippen LogP contribution >= 0.6 is 0 Å². The van der Waals surface area contributed by atoms with Crippen molar-refractivity contribution < 1.29 is 9.84 Å². The largest absolute Gasteiger partial charge is 0.491 e. The lowest BCUT2D eigenvalue weighted by molar-refractivity contribution is 0.134. The highest BCUT2D eigenvalue weighted by Gasteiger charge is 2.24. The van der Waals surface area contributed by atoms with E-state index < -0.39 is 0 Å². The lowest BCUT2D eigenvalue weighted by atomic mass is 10.1. The minimum Gasteiger partial charge on any atom is -0.491 e. The van der Waals surface area contributed by atoms with Crippen LogP contribution in [0.2, 0.25) is 0 Å². The van der Waals surface area contributed by atoms with Crippen molar-refractivity contribution in [2.45, 2.75) is 65.7 Å². The molecule has 1 aliphatic rings. The Hall–Kier alpha value is -1.75. The number of hydrogen-bond donors (Lipinski definition) is 3. The van der Waals surface area contributed by atoms with Gasteiger partial charge >= 0.3 is 0 Å². The second-order valence-electron chi connectivity index (χ2n) is 7.11. The van der Waals surface area contributed by atoms with Crippen LogP contribution in [0.3, 0.4) is 0 Å². The number of nitrogens with zero attached hydrogens (tertiary/aromatic N) is 1. The quantitative estimate of drug-likeness (QED) is 0.524. The monoisotopic (exact) mass is 347 g/mol. The highest BCUT2D eigenvalue weighted by Crippen LogP contribution is 2.25. The van der Waals surface area contributed by atoms with Gasteiger partial charge in [-0.25, -0.2) is 4.99 Å². The van der Waals surface area contributed by atoms with Crippen LogP contribution in [-0.4, -0.2) is 36.4 Å². The molecule has 5 heteroatoms. The predicted octanol–water partition coefficient (Wildman–Crippen LogP) is 3.00. The molecule has 1 fully saturated rings. The van der Waals surface area contributed by atoms with Crippen LogP contribution in [0.25, 0.3) is 0 Å². The van der Waals surface area contributed by atoms with Gasteiger partial charge < -0.3 is 20.5 Å². The van der Waals surface area contributed by atoms with Gasteiger partial charge in [-0.15, -0.1) is 0 Å². The average Bonchev–Trinajstić information content (AvgIpc) is 2.96. The van der Waals surface area contributed by atoms with E-state index in [9.17, 15) is 5.11 Å². The maximum Gasteiger partial charge on any atom is 0.191 e. The Kier molecular flexibility index (Phi) is 7.56. The molecule has 0 heterocycles. The molecule has 0 aliphatic heterocycles. The number of aryl methyl sites for hydroxylation is 1. The third-order valence-electron chi connectivity index (χ3n) is 4.49. The van der Waals surface area contributed by atoms with Crippen LogP contribution in [-0.2, 0) is 6.54 Å². The molecule has 1 aromatic carbocycles. The zero-order chi connectivity index (χ0) is 18.2. The highest BCUT2D eigenvalue weighted by molar-refractivity contribution is 5.79. The second-order valence-corrected chi connectivity index (χ2v) is 7.11. The molecule has 1 aliphatic carbocycles. The van der Waals surface area contributed by atoms with Gasteiger partial charge in [0.25, 0.3) is 0 Å². The van der Waals surface area contributed by atoms with Crippen LogP contribution in [0.1, 0.15) is 51.2 Å². The summed E-state index contributed by atoms with van der Waals surface area (Å²) in [5.74, 6) is 2.02. The molecule has 5 nitrogen and oxygen atoms in total. The first kappa shape index (κ1) is 19.6. The minimum absolute atomic E-state index is 0.139. The Labute approximate surface area is 151 Å². The van der Waals surface area contributed by atoms with Gasteiger partial charge in [-0.1, -0.05) is 18.6 Å². The van der Waals surface area contributed by atoms with Gasteiger partial charge in [0.1, 0.15) is 5.75 Å². The molecule has 3 N–H and O–H groups in total. The molecule has 0 saturated heterocycles. The maximum atomic E-state index is 9.97. The van der Waals surface area contributed by atoms with Gasteiger partial charge in [0, 0.05) is 24.6 Å². The maximum absolute atomic E-state index is 9.97. The Balaban J connectivity index is 2.02. The summed E-state index contributed by atoms with van der Waals surface area (Å²) in [6.07, 6.45) is 3.07. The fraction of sp³-hybridized carbons (Fsp3) is 0.650. The molecule has 0 radical (unpaired) electrons. The Morgan fingerprint density at radius 1 is 1.32 bits per heavy atom. The van der Waals surface area contributed by atoms with Crippen molar-refractivity contribution in [3.63, 3.8) is 0 Å². The molecule has 0 amide bonds. The molecule has 140 valence electrons. The van der Waals surface area contributed by atoms with Crippen molar-refractivity contribution >= 4 is 5.96 Å². The van der Waals surface area contributed by atoms with E-state index in [0.29, 0.717) is 12.5 Å². The number of guanidine groups is 1. The number of aliphatic hydroxyl groups is 1.